The maximum Gasteiger partial charge on any atom is 0.636 e. The van der Waals surface area contributed by atoms with Crippen molar-refractivity contribution in [1.82, 2.24) is 0 Å². The molecule has 0 aliphatic heterocycles. The van der Waals surface area contributed by atoms with Gasteiger partial charge in [0.15, 0.2) is 75.5 Å². The molecule has 0 spiro atoms. The van der Waals surface area contributed by atoms with E-state index in [1.165, 1.54) is 0 Å². The Balaban J connectivity index is 1.83. The summed E-state index contributed by atoms with van der Waals surface area (Å²) in [4.78, 5) is 0. The van der Waals surface area contributed by atoms with Crippen molar-refractivity contribution in [2.45, 2.75) is 0 Å². The van der Waals surface area contributed by atoms with Crippen LogP contribution in [0.2, 0.25) is 0 Å². The SMILES string of the molecule is Fc1ccc(F)c(OB(Oc2c(F)c(F)c(F)c(F)c2F)c2c(F)c(F)c3c(F)c(F)c4c(F)c(F)c(F)c5c(F)c(F)c2c3c45)c1F. The monoisotopic (exact) mass is 704 g/mol. The molecule has 248 valence electrons. The van der Waals surface area contributed by atoms with Crippen molar-refractivity contribution in [1.29, 1.82) is 0 Å². The first-order chi connectivity index (χ1) is 22.4. The van der Waals surface area contributed by atoms with Gasteiger partial charge < -0.3 is 9.31 Å². The zero-order valence-corrected chi connectivity index (χ0v) is 22.0. The van der Waals surface area contributed by atoms with Crippen LogP contribution in [-0.4, -0.2) is 7.12 Å². The molecule has 0 heterocycles. The summed E-state index contributed by atoms with van der Waals surface area (Å²) in [6.07, 6.45) is 0. The fourth-order valence-electron chi connectivity index (χ4n) is 5.03. The Hall–Kier alpha value is -5.17. The standard InChI is InChI=1S/C28H2BF17O2/c30-3-1-2-4(31)27(12(3)32)47-29(48-28-25(45)23(43)22(42)24(44)26(28)46)11-7-5-6-9(14(34)13(7)33)18(38)21(41)19(39)10(6)16(36)15(35)8(5)17(37)20(11)40/h1-2H. The van der Waals surface area contributed by atoms with Crippen LogP contribution in [-0.2, 0) is 0 Å². The number of benzene rings is 6. The first kappa shape index (κ1) is 32.8. The minimum Gasteiger partial charge on any atom is -0.518 e. The summed E-state index contributed by atoms with van der Waals surface area (Å²) in [5, 5.41) is -11.8. The van der Waals surface area contributed by atoms with Gasteiger partial charge in [0.1, 0.15) is 0 Å². The third-order valence-corrected chi connectivity index (χ3v) is 7.11. The number of hydrogen-bond donors (Lipinski definition) is 0. The van der Waals surface area contributed by atoms with Gasteiger partial charge in [0.05, 0.1) is 21.6 Å². The van der Waals surface area contributed by atoms with Gasteiger partial charge in [-0.1, -0.05) is 0 Å². The van der Waals surface area contributed by atoms with Crippen LogP contribution in [0.5, 0.6) is 11.5 Å². The summed E-state index contributed by atoms with van der Waals surface area (Å²) >= 11 is 0. The van der Waals surface area contributed by atoms with E-state index in [0.717, 1.165) is 0 Å². The van der Waals surface area contributed by atoms with Crippen molar-refractivity contribution in [2.24, 2.45) is 0 Å². The quantitative estimate of drug-likeness (QED) is 0.0588. The molecule has 0 saturated carbocycles. The van der Waals surface area contributed by atoms with Gasteiger partial charge in [-0.3, -0.25) is 0 Å². The predicted molar refractivity (Wildman–Crippen MR) is 129 cm³/mol. The minimum atomic E-state index is -3.74. The summed E-state index contributed by atoms with van der Waals surface area (Å²) < 4.78 is 259. The molecule has 0 unspecified atom stereocenters. The Kier molecular flexibility index (Phi) is 7.47. The molecule has 0 aliphatic carbocycles. The second kappa shape index (κ2) is 10.9. The lowest BCUT2D eigenvalue weighted by Gasteiger charge is -2.23. The van der Waals surface area contributed by atoms with Gasteiger partial charge in [0.2, 0.25) is 34.9 Å². The van der Waals surface area contributed by atoms with E-state index >= 15 is 22.0 Å². The highest BCUT2D eigenvalue weighted by Crippen LogP contribution is 2.45. The van der Waals surface area contributed by atoms with E-state index in [1.807, 2.05) is 0 Å². The summed E-state index contributed by atoms with van der Waals surface area (Å²) in [6.45, 7) is 0. The number of hydrogen-bond acceptors (Lipinski definition) is 2. The van der Waals surface area contributed by atoms with Gasteiger partial charge in [0.25, 0.3) is 0 Å². The van der Waals surface area contributed by atoms with Crippen LogP contribution >= 0.6 is 0 Å². The van der Waals surface area contributed by atoms with Crippen molar-refractivity contribution < 1.29 is 83.9 Å². The first-order valence-corrected chi connectivity index (χ1v) is 12.3. The normalized spacial score (nSPS) is 11.9. The van der Waals surface area contributed by atoms with Crippen LogP contribution in [0.4, 0.5) is 74.6 Å². The molecule has 0 fully saturated rings. The maximum absolute atomic E-state index is 15.8. The molecule has 6 aromatic carbocycles. The van der Waals surface area contributed by atoms with E-state index in [4.69, 9.17) is 0 Å². The second-order valence-corrected chi connectivity index (χ2v) is 9.63. The molecule has 0 radical (unpaired) electrons. The molecule has 20 heteroatoms. The lowest BCUT2D eigenvalue weighted by Crippen LogP contribution is -2.47. The third kappa shape index (κ3) is 4.23. The predicted octanol–water partition coefficient (Wildman–Crippen LogP) is 8.80. The molecule has 0 saturated heterocycles. The Bertz CT molecular complexity index is 2340. The molecule has 2 nitrogen and oxygen atoms in total. The Labute approximate surface area is 252 Å². The Morgan fingerprint density at radius 1 is 0.292 bits per heavy atom. The van der Waals surface area contributed by atoms with Crippen LogP contribution in [0.3, 0.4) is 0 Å². The fraction of sp³-hybridized carbons (Fsp3) is 0. The Morgan fingerprint density at radius 2 is 0.625 bits per heavy atom. The largest absolute Gasteiger partial charge is 0.636 e. The van der Waals surface area contributed by atoms with Gasteiger partial charge in [-0.05, 0) is 12.1 Å². The third-order valence-electron chi connectivity index (χ3n) is 7.11. The minimum absolute atomic E-state index is 0.0583. The molecule has 0 aromatic heterocycles. The molecule has 0 aliphatic rings. The van der Waals surface area contributed by atoms with Crippen molar-refractivity contribution in [3.8, 4) is 11.5 Å². The van der Waals surface area contributed by atoms with Gasteiger partial charge >= 0.3 is 7.12 Å². The summed E-state index contributed by atoms with van der Waals surface area (Å²) in [5.41, 5.74) is -2.28. The maximum atomic E-state index is 15.8. The number of rotatable bonds is 5. The van der Waals surface area contributed by atoms with Crippen molar-refractivity contribution in [2.75, 3.05) is 0 Å². The van der Waals surface area contributed by atoms with E-state index in [2.05, 4.69) is 9.31 Å². The summed E-state index contributed by atoms with van der Waals surface area (Å²) in [6, 6.07) is 0.144. The Morgan fingerprint density at radius 3 is 1.12 bits per heavy atom. The zero-order chi connectivity index (χ0) is 35.4. The van der Waals surface area contributed by atoms with Crippen LogP contribution in [0.1, 0.15) is 0 Å². The van der Waals surface area contributed by atoms with Gasteiger partial charge in [-0.25, -0.2) is 61.5 Å². The summed E-state index contributed by atoms with van der Waals surface area (Å²) in [7, 11) is -3.74. The molecular formula is C28H2BF17O2. The second-order valence-electron chi connectivity index (χ2n) is 9.63. The van der Waals surface area contributed by atoms with Crippen molar-refractivity contribution >= 4 is 44.9 Å². The molecule has 6 rings (SSSR count). The highest BCUT2D eigenvalue weighted by atomic mass is 19.2. The van der Waals surface area contributed by atoms with Crippen molar-refractivity contribution in [3.63, 3.8) is 0 Å². The first-order valence-electron chi connectivity index (χ1n) is 12.3. The highest BCUT2D eigenvalue weighted by molar-refractivity contribution is 6.66. The molecule has 0 amide bonds. The molecule has 0 bridgehead atoms. The highest BCUT2D eigenvalue weighted by Gasteiger charge is 2.43. The molecule has 48 heavy (non-hydrogen) atoms. The van der Waals surface area contributed by atoms with E-state index in [0.29, 0.717) is 0 Å². The van der Waals surface area contributed by atoms with Crippen LogP contribution < -0.4 is 14.8 Å². The molecule has 0 N–H and O–H groups in total. The molecule has 0 atom stereocenters. The van der Waals surface area contributed by atoms with Crippen LogP contribution in [0.25, 0.3) is 32.3 Å². The summed E-state index contributed by atoms with van der Waals surface area (Å²) in [5.74, 6) is -49.8. The van der Waals surface area contributed by atoms with E-state index < -0.39 is 155 Å². The van der Waals surface area contributed by atoms with Gasteiger partial charge in [-0.2, -0.15) is 13.2 Å². The lowest BCUT2D eigenvalue weighted by molar-refractivity contribution is 0.327. The van der Waals surface area contributed by atoms with Gasteiger partial charge in [-0.15, -0.1) is 0 Å². The van der Waals surface area contributed by atoms with E-state index in [9.17, 15) is 52.7 Å². The smallest absolute Gasteiger partial charge is 0.518 e. The van der Waals surface area contributed by atoms with Gasteiger partial charge in [0, 0.05) is 16.2 Å². The fourth-order valence-corrected chi connectivity index (χ4v) is 5.03. The van der Waals surface area contributed by atoms with Crippen LogP contribution in [0, 0.1) is 98.9 Å². The zero-order valence-electron chi connectivity index (χ0n) is 22.0. The molecule has 6 aromatic rings. The molecular weight excluding hydrogens is 702 g/mol. The van der Waals surface area contributed by atoms with Crippen LogP contribution in [0.15, 0.2) is 12.1 Å². The topological polar surface area (TPSA) is 18.5 Å². The van der Waals surface area contributed by atoms with Crippen molar-refractivity contribution in [3.05, 3.63) is 111 Å². The number of halogens is 17. The average Bonchev–Trinajstić information content (AvgIpc) is 3.05. The average molecular weight is 704 g/mol. The van der Waals surface area contributed by atoms with E-state index in [-0.39, 0.29) is 12.1 Å². The van der Waals surface area contributed by atoms with E-state index in [1.54, 1.807) is 0 Å². The lowest BCUT2D eigenvalue weighted by atomic mass is 9.73.